The smallest absolute Gasteiger partial charge is 0.276 e. The molecule has 2 aromatic rings. The van der Waals surface area contributed by atoms with Crippen molar-refractivity contribution in [2.24, 2.45) is 0 Å². The first-order valence-corrected chi connectivity index (χ1v) is 4.57. The molecule has 5 nitrogen and oxygen atoms in total. The van der Waals surface area contributed by atoms with Gasteiger partial charge < -0.3 is 4.98 Å². The monoisotopic (exact) mass is 222 g/mol. The van der Waals surface area contributed by atoms with Gasteiger partial charge in [-0.1, -0.05) is 17.7 Å². The molecule has 0 aromatic carbocycles. The molecule has 2 N–H and O–H groups in total. The Balaban J connectivity index is 2.15. The highest BCUT2D eigenvalue weighted by molar-refractivity contribution is 6.29. The average molecular weight is 223 g/mol. The van der Waals surface area contributed by atoms with Crippen LogP contribution in [-0.2, 0) is 0 Å². The number of H-pyrrole nitrogens is 1. The molecule has 15 heavy (non-hydrogen) atoms. The molecule has 0 unspecified atom stereocenters. The number of carbonyl (C=O) groups excluding carboxylic acids is 1. The van der Waals surface area contributed by atoms with Crippen LogP contribution in [0.1, 0.15) is 10.5 Å². The number of imidazole rings is 1. The normalized spacial score (nSPS) is 9.93. The molecule has 76 valence electrons. The molecular formula is C9H7ClN4O. The molecular weight excluding hydrogens is 216 g/mol. The molecule has 0 atom stereocenters. The molecule has 0 spiro atoms. The van der Waals surface area contributed by atoms with Crippen LogP contribution in [0, 0.1) is 0 Å². The highest BCUT2D eigenvalue weighted by Crippen LogP contribution is 2.06. The maximum Gasteiger partial charge on any atom is 0.276 e. The van der Waals surface area contributed by atoms with Crippen LogP contribution < -0.4 is 5.32 Å². The van der Waals surface area contributed by atoms with E-state index in [1.165, 1.54) is 0 Å². The van der Waals surface area contributed by atoms with Crippen LogP contribution in [0.5, 0.6) is 0 Å². The highest BCUT2D eigenvalue weighted by Gasteiger charge is 2.08. The molecule has 1 amide bonds. The minimum absolute atomic E-state index is 0.249. The summed E-state index contributed by atoms with van der Waals surface area (Å²) in [4.78, 5) is 22.0. The number of halogens is 1. The van der Waals surface area contributed by atoms with Crippen LogP contribution in [0.15, 0.2) is 30.6 Å². The summed E-state index contributed by atoms with van der Waals surface area (Å²) in [7, 11) is 0. The van der Waals surface area contributed by atoms with E-state index in [0.717, 1.165) is 0 Å². The molecule has 0 bridgehead atoms. The Morgan fingerprint density at radius 1 is 1.47 bits per heavy atom. The zero-order valence-electron chi connectivity index (χ0n) is 7.57. The zero-order chi connectivity index (χ0) is 10.7. The second-order valence-corrected chi connectivity index (χ2v) is 3.12. The van der Waals surface area contributed by atoms with Crippen molar-refractivity contribution in [1.82, 2.24) is 15.0 Å². The summed E-state index contributed by atoms with van der Waals surface area (Å²) in [5.41, 5.74) is 0.249. The summed E-state index contributed by atoms with van der Waals surface area (Å²) >= 11 is 5.66. The Morgan fingerprint density at radius 2 is 2.33 bits per heavy atom. The van der Waals surface area contributed by atoms with Gasteiger partial charge in [-0.2, -0.15) is 0 Å². The summed E-state index contributed by atoms with van der Waals surface area (Å²) in [6.07, 6.45) is 3.15. The molecule has 0 saturated carbocycles. The van der Waals surface area contributed by atoms with Crippen molar-refractivity contribution in [3.05, 3.63) is 41.4 Å². The van der Waals surface area contributed by atoms with Crippen LogP contribution in [0.25, 0.3) is 0 Å². The topological polar surface area (TPSA) is 70.7 Å². The third-order valence-corrected chi connectivity index (χ3v) is 1.89. The predicted molar refractivity (Wildman–Crippen MR) is 55.8 cm³/mol. The van der Waals surface area contributed by atoms with Crippen molar-refractivity contribution in [2.45, 2.75) is 0 Å². The van der Waals surface area contributed by atoms with Crippen molar-refractivity contribution in [3.63, 3.8) is 0 Å². The number of anilines is 1. The van der Waals surface area contributed by atoms with Gasteiger partial charge in [0.05, 0.1) is 0 Å². The van der Waals surface area contributed by atoms with E-state index < -0.39 is 0 Å². The fourth-order valence-electron chi connectivity index (χ4n) is 1.04. The third-order valence-electron chi connectivity index (χ3n) is 1.68. The van der Waals surface area contributed by atoms with E-state index in [9.17, 15) is 4.79 Å². The van der Waals surface area contributed by atoms with Crippen LogP contribution in [0.4, 0.5) is 5.95 Å². The van der Waals surface area contributed by atoms with E-state index in [-0.39, 0.29) is 16.8 Å². The lowest BCUT2D eigenvalue weighted by Gasteiger charge is -2.00. The fourth-order valence-corrected chi connectivity index (χ4v) is 1.20. The summed E-state index contributed by atoms with van der Waals surface area (Å²) in [5, 5.41) is 2.82. The average Bonchev–Trinajstić information content (AvgIpc) is 2.70. The van der Waals surface area contributed by atoms with E-state index in [0.29, 0.717) is 5.95 Å². The van der Waals surface area contributed by atoms with Gasteiger partial charge in [-0.25, -0.2) is 9.97 Å². The van der Waals surface area contributed by atoms with Gasteiger partial charge in [0.25, 0.3) is 5.91 Å². The predicted octanol–water partition coefficient (Wildman–Crippen LogP) is 1.71. The molecule has 0 saturated heterocycles. The van der Waals surface area contributed by atoms with Crippen molar-refractivity contribution < 1.29 is 4.79 Å². The van der Waals surface area contributed by atoms with Crippen molar-refractivity contribution in [1.29, 1.82) is 0 Å². The standard InChI is InChI=1S/C9H7ClN4O/c10-7-3-1-2-6(13-7)8(15)14-9-11-4-5-12-9/h1-5H,(H2,11,12,14,15). The maximum absolute atomic E-state index is 11.6. The summed E-state index contributed by atoms with van der Waals surface area (Å²) in [5.74, 6) is 0.0224. The van der Waals surface area contributed by atoms with Gasteiger partial charge in [-0.3, -0.25) is 10.1 Å². The lowest BCUT2D eigenvalue weighted by molar-refractivity contribution is 0.102. The maximum atomic E-state index is 11.6. The number of pyridine rings is 1. The first-order valence-electron chi connectivity index (χ1n) is 4.19. The molecule has 0 fully saturated rings. The number of amides is 1. The van der Waals surface area contributed by atoms with Crippen LogP contribution >= 0.6 is 11.6 Å². The molecule has 2 aromatic heterocycles. The first kappa shape index (κ1) is 9.67. The van der Waals surface area contributed by atoms with E-state index in [1.807, 2.05) is 0 Å². The Hall–Kier alpha value is -1.88. The van der Waals surface area contributed by atoms with Crippen LogP contribution in [-0.4, -0.2) is 20.9 Å². The van der Waals surface area contributed by atoms with Gasteiger partial charge in [-0.15, -0.1) is 0 Å². The number of aromatic amines is 1. The Morgan fingerprint density at radius 3 is 3.00 bits per heavy atom. The number of nitrogens with zero attached hydrogens (tertiary/aromatic N) is 2. The molecule has 2 heterocycles. The number of aromatic nitrogens is 3. The number of carbonyl (C=O) groups is 1. The van der Waals surface area contributed by atoms with Gasteiger partial charge in [0.2, 0.25) is 5.95 Å². The molecule has 0 aliphatic heterocycles. The quantitative estimate of drug-likeness (QED) is 0.760. The van der Waals surface area contributed by atoms with E-state index in [2.05, 4.69) is 20.3 Å². The van der Waals surface area contributed by atoms with Gasteiger partial charge in [-0.05, 0) is 12.1 Å². The summed E-state index contributed by atoms with van der Waals surface area (Å²) in [6, 6.07) is 4.84. The fraction of sp³-hybridized carbons (Fsp3) is 0. The Labute approximate surface area is 90.5 Å². The molecule has 0 radical (unpaired) electrons. The van der Waals surface area contributed by atoms with Crippen molar-refractivity contribution in [3.8, 4) is 0 Å². The second-order valence-electron chi connectivity index (χ2n) is 2.74. The second kappa shape index (κ2) is 4.10. The molecule has 2 rings (SSSR count). The van der Waals surface area contributed by atoms with E-state index in [1.54, 1.807) is 30.6 Å². The molecule has 6 heteroatoms. The Bertz CT molecular complexity index is 469. The molecule has 0 aliphatic carbocycles. The zero-order valence-corrected chi connectivity index (χ0v) is 8.32. The lowest BCUT2D eigenvalue weighted by Crippen LogP contribution is -2.14. The van der Waals surface area contributed by atoms with E-state index >= 15 is 0 Å². The number of hydrogen-bond donors (Lipinski definition) is 2. The molecule has 0 aliphatic rings. The van der Waals surface area contributed by atoms with E-state index in [4.69, 9.17) is 11.6 Å². The van der Waals surface area contributed by atoms with Gasteiger partial charge in [0.15, 0.2) is 0 Å². The summed E-state index contributed by atoms with van der Waals surface area (Å²) < 4.78 is 0. The SMILES string of the molecule is O=C(Nc1ncc[nH]1)c1cccc(Cl)n1. The van der Waals surface area contributed by atoms with Crippen LogP contribution in [0.3, 0.4) is 0 Å². The number of hydrogen-bond acceptors (Lipinski definition) is 3. The summed E-state index contributed by atoms with van der Waals surface area (Å²) in [6.45, 7) is 0. The first-order chi connectivity index (χ1) is 7.25. The van der Waals surface area contributed by atoms with Crippen molar-refractivity contribution in [2.75, 3.05) is 5.32 Å². The Kier molecular flexibility index (Phi) is 2.64. The minimum Gasteiger partial charge on any atom is -0.331 e. The van der Waals surface area contributed by atoms with Gasteiger partial charge >= 0.3 is 0 Å². The van der Waals surface area contributed by atoms with Gasteiger partial charge in [0.1, 0.15) is 10.8 Å². The minimum atomic E-state index is -0.354. The van der Waals surface area contributed by atoms with Gasteiger partial charge in [0, 0.05) is 12.4 Å². The van der Waals surface area contributed by atoms with Crippen LogP contribution in [0.2, 0.25) is 5.15 Å². The number of nitrogens with one attached hydrogen (secondary N) is 2. The lowest BCUT2D eigenvalue weighted by atomic mass is 10.3. The number of rotatable bonds is 2. The largest absolute Gasteiger partial charge is 0.331 e. The highest BCUT2D eigenvalue weighted by atomic mass is 35.5. The van der Waals surface area contributed by atoms with Crippen molar-refractivity contribution >= 4 is 23.5 Å². The third kappa shape index (κ3) is 2.32.